The van der Waals surface area contributed by atoms with E-state index in [1.807, 2.05) is 0 Å². The Bertz CT molecular complexity index is 3090. The van der Waals surface area contributed by atoms with Gasteiger partial charge in [-0.05, 0) is 66.1 Å². The molecule has 9 amide bonds. The van der Waals surface area contributed by atoms with E-state index in [1.54, 1.807) is 58.3 Å². The lowest BCUT2D eigenvalue weighted by Crippen LogP contribution is -2.51. The number of carboxylic acids is 6. The highest BCUT2D eigenvalue weighted by Gasteiger charge is 2.31. The normalized spacial score (nSPS) is 14.4. The summed E-state index contributed by atoms with van der Waals surface area (Å²) in [5.74, 6) is -10.6. The Morgan fingerprint density at radius 3 is 1.24 bits per heavy atom. The van der Waals surface area contributed by atoms with Crippen LogP contribution in [0.15, 0.2) is 72.9 Å². The van der Waals surface area contributed by atoms with E-state index >= 15 is 0 Å². The van der Waals surface area contributed by atoms with Gasteiger partial charge in [0.2, 0.25) is 17.7 Å². The summed E-state index contributed by atoms with van der Waals surface area (Å²) in [6.07, 6.45) is -0.533. The first-order chi connectivity index (χ1) is 42.3. The average Bonchev–Trinajstić information content (AvgIpc) is 1.97. The van der Waals surface area contributed by atoms with Crippen molar-refractivity contribution in [3.05, 3.63) is 112 Å². The van der Waals surface area contributed by atoms with Crippen molar-refractivity contribution in [2.45, 2.75) is 94.9 Å². The first kappa shape index (κ1) is 67.6. The van der Waals surface area contributed by atoms with Crippen LogP contribution < -0.4 is 26.6 Å². The van der Waals surface area contributed by atoms with E-state index in [4.69, 9.17) is 10.2 Å². The number of benzene rings is 3. The van der Waals surface area contributed by atoms with Crippen molar-refractivity contribution in [3.8, 4) is 0 Å². The van der Waals surface area contributed by atoms with Crippen molar-refractivity contribution in [1.82, 2.24) is 55.9 Å². The maximum atomic E-state index is 14.3. The van der Waals surface area contributed by atoms with E-state index in [0.29, 0.717) is 34.4 Å². The summed E-state index contributed by atoms with van der Waals surface area (Å²) in [7, 11) is 0. The number of nitrogens with zero attached hydrogens (tertiary/aromatic N) is 7. The molecule has 89 heavy (non-hydrogen) atoms. The number of carbonyl (C=O) groups excluding carboxylic acids is 7. The minimum atomic E-state index is -1.58. The molecule has 6 rings (SSSR count). The number of halogens is 1. The number of piperazine rings is 2. The van der Waals surface area contributed by atoms with Gasteiger partial charge in [0.05, 0.1) is 25.2 Å². The fourth-order valence-electron chi connectivity index (χ4n) is 9.55. The summed E-state index contributed by atoms with van der Waals surface area (Å²) in [5, 5.41) is 75.1. The molecule has 32 heteroatoms. The molecule has 0 bridgehead atoms. The fraction of sp³-hybridized carbons (Fsp3) is 0.421. The van der Waals surface area contributed by atoms with Gasteiger partial charge < -0.3 is 76.8 Å². The number of anilines is 1. The van der Waals surface area contributed by atoms with Crippen molar-refractivity contribution in [2.24, 2.45) is 0 Å². The maximum Gasteiger partial charge on any atom is 0.326 e. The summed E-state index contributed by atoms with van der Waals surface area (Å²) in [6.45, 7) is -0.0102. The molecule has 2 aliphatic heterocycles. The van der Waals surface area contributed by atoms with Gasteiger partial charge in [0.15, 0.2) is 0 Å². The minimum Gasteiger partial charge on any atom is -0.481 e. The maximum absolute atomic E-state index is 14.3. The van der Waals surface area contributed by atoms with Crippen LogP contribution in [0.3, 0.4) is 0 Å². The third-order valence-corrected chi connectivity index (χ3v) is 14.4. The number of aromatic nitrogens is 3. The lowest BCUT2D eigenvalue weighted by atomic mass is 10.0. The van der Waals surface area contributed by atoms with E-state index in [-0.39, 0.29) is 120 Å². The molecule has 11 N–H and O–H groups in total. The summed E-state index contributed by atoms with van der Waals surface area (Å²) in [6, 6.07) is 8.43. The molecule has 2 fully saturated rings. The van der Waals surface area contributed by atoms with Crippen LogP contribution in [0.2, 0.25) is 0 Å². The zero-order valence-electron chi connectivity index (χ0n) is 47.9. The summed E-state index contributed by atoms with van der Waals surface area (Å²) in [4.78, 5) is 169. The number of carbonyl (C=O) groups is 13. The molecule has 0 saturated carbocycles. The molecule has 0 aliphatic carbocycles. The van der Waals surface area contributed by atoms with E-state index in [0.717, 1.165) is 0 Å². The number of hydrogen-bond acceptors (Lipinski definition) is 15. The van der Waals surface area contributed by atoms with Gasteiger partial charge in [-0.2, -0.15) is 0 Å². The highest BCUT2D eigenvalue weighted by molar-refractivity contribution is 6.03. The predicted molar refractivity (Wildman–Crippen MR) is 305 cm³/mol. The number of urea groups is 2. The van der Waals surface area contributed by atoms with Gasteiger partial charge in [-0.15, -0.1) is 5.10 Å². The Labute approximate surface area is 506 Å². The second-order valence-corrected chi connectivity index (χ2v) is 21.0. The number of rotatable bonds is 30. The first-order valence-electron chi connectivity index (χ1n) is 28.0. The van der Waals surface area contributed by atoms with Gasteiger partial charge >= 0.3 is 47.9 Å². The van der Waals surface area contributed by atoms with Gasteiger partial charge in [-0.1, -0.05) is 53.7 Å². The SMILES string of the molecule is O=C(O)CCC(NC(=O)N[C@@H](Cc1ccc(CC(=O)N2CCN(C(=O)c3cc(NC(=O)Cn4cc(CCCF)nn4)cc(C(=O)N4CCN(C(=O)Cc5ccc(C[C@H](NC(=O)NC(CCC(=O)O)C(=O)O)C(=O)O)cc5)CC4)c3)CC2)cc1)C(=O)O)C(=O)O. The quantitative estimate of drug-likeness (QED) is 0.0330. The van der Waals surface area contributed by atoms with Crippen LogP contribution in [-0.4, -0.2) is 226 Å². The van der Waals surface area contributed by atoms with Crippen LogP contribution in [0.1, 0.15) is 80.8 Å². The summed E-state index contributed by atoms with van der Waals surface area (Å²) >= 11 is 0. The monoisotopic (exact) mass is 1240 g/mol. The highest BCUT2D eigenvalue weighted by atomic mass is 19.1. The van der Waals surface area contributed by atoms with Crippen molar-refractivity contribution in [1.29, 1.82) is 0 Å². The number of hydrogen-bond donors (Lipinski definition) is 11. The summed E-state index contributed by atoms with van der Waals surface area (Å²) < 4.78 is 14.0. The van der Waals surface area contributed by atoms with Crippen LogP contribution in [-0.2, 0) is 81.8 Å². The van der Waals surface area contributed by atoms with Crippen molar-refractivity contribution in [2.75, 3.05) is 64.3 Å². The number of aryl methyl sites for hydroxylation is 1. The average molecular weight is 1240 g/mol. The van der Waals surface area contributed by atoms with Crippen LogP contribution in [0.5, 0.6) is 0 Å². The lowest BCUT2D eigenvalue weighted by Gasteiger charge is -2.35. The Morgan fingerprint density at radius 1 is 0.494 bits per heavy atom. The number of carboxylic acid groups (broad SMARTS) is 6. The molecule has 1 aromatic heterocycles. The van der Waals surface area contributed by atoms with E-state index in [1.165, 1.54) is 38.9 Å². The zero-order chi connectivity index (χ0) is 64.9. The molecule has 2 aliphatic rings. The number of alkyl halides is 1. The lowest BCUT2D eigenvalue weighted by molar-refractivity contribution is -0.142. The molecule has 3 aromatic carbocycles. The van der Waals surface area contributed by atoms with Gasteiger partial charge in [0, 0.05) is 101 Å². The third kappa shape index (κ3) is 21.1. The second-order valence-electron chi connectivity index (χ2n) is 21.0. The molecule has 476 valence electrons. The first-order valence-corrected chi connectivity index (χ1v) is 28.0. The molecule has 4 aromatic rings. The van der Waals surface area contributed by atoms with Gasteiger partial charge in [-0.3, -0.25) is 38.0 Å². The molecular formula is C57H67FN12O19. The van der Waals surface area contributed by atoms with Crippen LogP contribution >= 0.6 is 0 Å². The fourth-order valence-corrected chi connectivity index (χ4v) is 9.55. The third-order valence-electron chi connectivity index (χ3n) is 14.4. The molecule has 0 spiro atoms. The van der Waals surface area contributed by atoms with E-state index in [9.17, 15) is 87.1 Å². The molecule has 4 atom stereocenters. The van der Waals surface area contributed by atoms with Crippen LogP contribution in [0.4, 0.5) is 19.7 Å². The van der Waals surface area contributed by atoms with Gasteiger partial charge in [0.1, 0.15) is 30.7 Å². The Morgan fingerprint density at radius 2 is 0.865 bits per heavy atom. The Kier molecular flexibility index (Phi) is 24.5. The van der Waals surface area contributed by atoms with Crippen LogP contribution in [0.25, 0.3) is 0 Å². The van der Waals surface area contributed by atoms with Gasteiger partial charge in [0.25, 0.3) is 11.8 Å². The van der Waals surface area contributed by atoms with E-state index in [2.05, 4.69) is 36.9 Å². The van der Waals surface area contributed by atoms with Crippen molar-refractivity contribution >= 4 is 83.1 Å². The second kappa shape index (κ2) is 32.3. The topological polar surface area (TPSA) is 447 Å². The van der Waals surface area contributed by atoms with E-state index < -0.39 is 122 Å². The van der Waals surface area contributed by atoms with Crippen molar-refractivity contribution < 1.29 is 97.4 Å². The predicted octanol–water partition coefficient (Wildman–Crippen LogP) is 0.0989. The highest BCUT2D eigenvalue weighted by Crippen LogP contribution is 2.22. The largest absolute Gasteiger partial charge is 0.481 e. The zero-order valence-corrected chi connectivity index (χ0v) is 47.9. The number of amides is 9. The molecule has 3 heterocycles. The molecule has 31 nitrogen and oxygen atoms in total. The standard InChI is InChI=1S/C57H67FN12O19/c58-15-1-2-39-31-70(65-64-39)32-45(71)59-40-29-37(50(78)68-20-16-66(17-21-68)46(72)26-35-7-3-33(4-8-35)24-43(54(84)85)62-56(88)60-41(52(80)81)11-13-48(74)75)28-38(30-40)51(79)69-22-18-67(19-23-69)47(73)27-36-9-5-34(6-10-36)25-44(55(86)87)63-57(89)61-42(53(82)83)12-14-49(76)77/h3-10,28-31,41-44H,1-2,11-27,32H2,(H,59,71)(H,74,75)(H,76,77)(H,80,81)(H,82,83)(H,84,85)(H,86,87)(H2,60,62,88)(H2,61,63,89)/t41?,42?,43-,44-/m0/s1. The molecule has 2 saturated heterocycles. The Hall–Kier alpha value is -10.6. The van der Waals surface area contributed by atoms with Crippen LogP contribution in [0, 0.1) is 0 Å². The number of nitrogens with one attached hydrogen (secondary N) is 5. The minimum absolute atomic E-state index is 0.0420. The Balaban J connectivity index is 1.04. The molecule has 2 unspecified atom stereocenters. The smallest absolute Gasteiger partial charge is 0.326 e. The van der Waals surface area contributed by atoms with Crippen molar-refractivity contribution in [3.63, 3.8) is 0 Å². The number of aliphatic carboxylic acids is 6. The summed E-state index contributed by atoms with van der Waals surface area (Å²) in [5.41, 5.74) is 2.68. The molecular weight excluding hydrogens is 1180 g/mol. The molecule has 0 radical (unpaired) electrons. The van der Waals surface area contributed by atoms with Gasteiger partial charge in [-0.25, -0.2) is 33.4 Å².